The summed E-state index contributed by atoms with van der Waals surface area (Å²) in [6.45, 7) is 0.708. The Bertz CT molecular complexity index is 467. The minimum Gasteiger partial charge on any atom is -0.399 e. The van der Waals surface area contributed by atoms with E-state index < -0.39 is 0 Å². The lowest BCUT2D eigenvalue weighted by molar-refractivity contribution is 0.0947. The van der Waals surface area contributed by atoms with E-state index in [0.29, 0.717) is 22.8 Å². The summed E-state index contributed by atoms with van der Waals surface area (Å²) in [4.78, 5) is 12.2. The maximum Gasteiger partial charge on any atom is 0.251 e. The number of carbonyl (C=O) groups is 1. The Kier molecular flexibility index (Phi) is 5.22. The number of benzene rings is 1. The number of thioether (sulfide) groups is 1. The van der Waals surface area contributed by atoms with E-state index >= 15 is 0 Å². The lowest BCUT2D eigenvalue weighted by Gasteiger charge is -2.35. The third-order valence-corrected chi connectivity index (χ3v) is 5.59. The highest BCUT2D eigenvalue weighted by Gasteiger charge is 2.31. The molecule has 1 aliphatic rings. The van der Waals surface area contributed by atoms with E-state index in [-0.39, 0.29) is 10.7 Å². The number of anilines is 1. The van der Waals surface area contributed by atoms with Crippen LogP contribution in [0.2, 0.25) is 5.02 Å². The predicted octanol–water partition coefficient (Wildman–Crippen LogP) is 3.72. The zero-order valence-electron chi connectivity index (χ0n) is 11.7. The van der Waals surface area contributed by atoms with Gasteiger partial charge in [0, 0.05) is 27.6 Å². The lowest BCUT2D eigenvalue weighted by Crippen LogP contribution is -2.41. The number of hydrogen-bond donors (Lipinski definition) is 2. The minimum atomic E-state index is -0.0989. The molecule has 0 unspecified atom stereocenters. The van der Waals surface area contributed by atoms with Gasteiger partial charge in [0.1, 0.15) is 0 Å². The van der Waals surface area contributed by atoms with E-state index in [1.54, 1.807) is 18.2 Å². The second kappa shape index (κ2) is 6.72. The largest absolute Gasteiger partial charge is 0.399 e. The fourth-order valence-electron chi connectivity index (χ4n) is 2.74. The predicted molar refractivity (Wildman–Crippen MR) is 87.5 cm³/mol. The molecule has 1 amide bonds. The molecule has 1 fully saturated rings. The van der Waals surface area contributed by atoms with Crippen LogP contribution in [0.5, 0.6) is 0 Å². The van der Waals surface area contributed by atoms with Crippen LogP contribution in [0.3, 0.4) is 0 Å². The van der Waals surface area contributed by atoms with Gasteiger partial charge < -0.3 is 11.1 Å². The topological polar surface area (TPSA) is 55.1 Å². The van der Waals surface area contributed by atoms with E-state index in [4.69, 9.17) is 17.3 Å². The molecule has 0 aliphatic heterocycles. The molecule has 0 bridgehead atoms. The maximum absolute atomic E-state index is 12.2. The average Bonchev–Trinajstić information content (AvgIpc) is 2.45. The highest BCUT2D eigenvalue weighted by atomic mass is 35.5. The summed E-state index contributed by atoms with van der Waals surface area (Å²) in [6.07, 6.45) is 8.29. The average molecular weight is 313 g/mol. The molecule has 20 heavy (non-hydrogen) atoms. The molecule has 3 nitrogen and oxygen atoms in total. The quantitative estimate of drug-likeness (QED) is 0.833. The smallest absolute Gasteiger partial charge is 0.251 e. The molecule has 110 valence electrons. The van der Waals surface area contributed by atoms with Crippen molar-refractivity contribution in [3.8, 4) is 0 Å². The molecule has 0 aromatic heterocycles. The first-order chi connectivity index (χ1) is 9.54. The summed E-state index contributed by atoms with van der Waals surface area (Å²) in [5, 5.41) is 3.53. The second-order valence-corrected chi connectivity index (χ2v) is 7.11. The van der Waals surface area contributed by atoms with Crippen molar-refractivity contribution in [3.63, 3.8) is 0 Å². The summed E-state index contributed by atoms with van der Waals surface area (Å²) in [7, 11) is 0. The number of nitrogen functional groups attached to an aromatic ring is 1. The first kappa shape index (κ1) is 15.5. The van der Waals surface area contributed by atoms with E-state index in [1.807, 2.05) is 11.8 Å². The van der Waals surface area contributed by atoms with Crippen LogP contribution >= 0.6 is 23.4 Å². The molecule has 1 aromatic rings. The molecule has 1 aromatic carbocycles. The van der Waals surface area contributed by atoms with Crippen LogP contribution in [0, 0.1) is 0 Å². The van der Waals surface area contributed by atoms with Gasteiger partial charge in [-0.05, 0) is 37.3 Å². The molecule has 5 heteroatoms. The molecular formula is C15H21ClN2OS. The van der Waals surface area contributed by atoms with Crippen LogP contribution in [0.4, 0.5) is 5.69 Å². The Balaban J connectivity index is 2.00. The van der Waals surface area contributed by atoms with Gasteiger partial charge in [-0.2, -0.15) is 11.8 Å². The molecular weight excluding hydrogens is 292 g/mol. The van der Waals surface area contributed by atoms with Gasteiger partial charge in [0.25, 0.3) is 5.91 Å². The van der Waals surface area contributed by atoms with Crippen molar-refractivity contribution >= 4 is 35.0 Å². The van der Waals surface area contributed by atoms with Crippen molar-refractivity contribution < 1.29 is 4.79 Å². The molecule has 0 radical (unpaired) electrons. The number of amides is 1. The molecule has 3 N–H and O–H groups in total. The van der Waals surface area contributed by atoms with Gasteiger partial charge in [-0.3, -0.25) is 4.79 Å². The summed E-state index contributed by atoms with van der Waals surface area (Å²) < 4.78 is 0.192. The van der Waals surface area contributed by atoms with Gasteiger partial charge >= 0.3 is 0 Å². The Morgan fingerprint density at radius 3 is 2.65 bits per heavy atom. The van der Waals surface area contributed by atoms with Gasteiger partial charge in [0.15, 0.2) is 0 Å². The monoisotopic (exact) mass is 312 g/mol. The highest BCUT2D eigenvalue weighted by Crippen LogP contribution is 2.38. The molecule has 2 rings (SSSR count). The van der Waals surface area contributed by atoms with Crippen molar-refractivity contribution in [1.29, 1.82) is 0 Å². The third kappa shape index (κ3) is 3.83. The summed E-state index contributed by atoms with van der Waals surface area (Å²) >= 11 is 7.80. The van der Waals surface area contributed by atoms with Gasteiger partial charge in [-0.1, -0.05) is 30.9 Å². The zero-order valence-corrected chi connectivity index (χ0v) is 13.3. The molecule has 1 saturated carbocycles. The fourth-order valence-corrected chi connectivity index (χ4v) is 3.89. The molecule has 0 atom stereocenters. The second-order valence-electron chi connectivity index (χ2n) is 5.40. The van der Waals surface area contributed by atoms with Crippen LogP contribution in [0.1, 0.15) is 42.5 Å². The summed E-state index contributed by atoms with van der Waals surface area (Å²) in [6, 6.07) is 4.95. The van der Waals surface area contributed by atoms with E-state index in [2.05, 4.69) is 11.6 Å². The van der Waals surface area contributed by atoms with Crippen molar-refractivity contribution in [2.45, 2.75) is 36.9 Å². The lowest BCUT2D eigenvalue weighted by atomic mass is 9.88. The van der Waals surface area contributed by atoms with Crippen LogP contribution in [0.25, 0.3) is 0 Å². The zero-order chi connectivity index (χ0) is 14.6. The van der Waals surface area contributed by atoms with Gasteiger partial charge in [0.05, 0.1) is 0 Å². The molecule has 0 spiro atoms. The van der Waals surface area contributed by atoms with E-state index in [9.17, 15) is 4.79 Å². The van der Waals surface area contributed by atoms with E-state index in [1.165, 1.54) is 32.1 Å². The number of nitrogens with one attached hydrogen (secondary N) is 1. The summed E-state index contributed by atoms with van der Waals surface area (Å²) in [5.41, 5.74) is 6.76. The fraction of sp³-hybridized carbons (Fsp3) is 0.533. The molecule has 0 heterocycles. The van der Waals surface area contributed by atoms with Crippen LogP contribution in [-0.4, -0.2) is 23.5 Å². The minimum absolute atomic E-state index is 0.0989. The highest BCUT2D eigenvalue weighted by molar-refractivity contribution is 8.00. The number of nitrogens with two attached hydrogens (primary N) is 1. The first-order valence-corrected chi connectivity index (χ1v) is 8.54. The SMILES string of the molecule is CSC1(CNC(=O)c2cc(N)cc(Cl)c2)CCCCC1. The Labute approximate surface area is 129 Å². The van der Waals surface area contributed by atoms with Crippen LogP contribution in [-0.2, 0) is 0 Å². The van der Waals surface area contributed by atoms with Crippen molar-refractivity contribution in [2.24, 2.45) is 0 Å². The Morgan fingerprint density at radius 1 is 1.35 bits per heavy atom. The third-order valence-electron chi connectivity index (χ3n) is 3.95. The van der Waals surface area contributed by atoms with Crippen molar-refractivity contribution in [2.75, 3.05) is 18.5 Å². The number of rotatable bonds is 4. The van der Waals surface area contributed by atoms with Crippen LogP contribution < -0.4 is 11.1 Å². The number of halogens is 1. The van der Waals surface area contributed by atoms with Crippen LogP contribution in [0.15, 0.2) is 18.2 Å². The number of hydrogen-bond acceptors (Lipinski definition) is 3. The molecule has 0 saturated heterocycles. The van der Waals surface area contributed by atoms with Crippen molar-refractivity contribution in [3.05, 3.63) is 28.8 Å². The Morgan fingerprint density at radius 2 is 2.05 bits per heavy atom. The van der Waals surface area contributed by atoms with Gasteiger partial charge in [-0.15, -0.1) is 0 Å². The van der Waals surface area contributed by atoms with Gasteiger partial charge in [0.2, 0.25) is 0 Å². The maximum atomic E-state index is 12.2. The summed E-state index contributed by atoms with van der Waals surface area (Å²) in [5.74, 6) is -0.0989. The number of carbonyl (C=O) groups excluding carboxylic acids is 1. The standard InChI is InChI=1S/C15H21ClN2OS/c1-20-15(5-3-2-4-6-15)10-18-14(19)11-7-12(16)9-13(17)8-11/h7-9H,2-6,10,17H2,1H3,(H,18,19). The Hall–Kier alpha value is -0.870. The van der Waals surface area contributed by atoms with Gasteiger partial charge in [-0.25, -0.2) is 0 Å². The van der Waals surface area contributed by atoms with E-state index in [0.717, 1.165) is 0 Å². The van der Waals surface area contributed by atoms with Crippen molar-refractivity contribution in [1.82, 2.24) is 5.32 Å². The molecule has 1 aliphatic carbocycles. The first-order valence-electron chi connectivity index (χ1n) is 6.94. The normalized spacial score (nSPS) is 17.7.